The van der Waals surface area contributed by atoms with E-state index in [2.05, 4.69) is 0 Å². The summed E-state index contributed by atoms with van der Waals surface area (Å²) in [4.78, 5) is 1.92. The molecule has 19 heavy (non-hydrogen) atoms. The summed E-state index contributed by atoms with van der Waals surface area (Å²) in [7, 11) is 0. The molecule has 3 rings (SSSR count). The molecule has 1 saturated carbocycles. The first-order valence-electron chi connectivity index (χ1n) is 7.06. The van der Waals surface area contributed by atoms with Gasteiger partial charge in [-0.3, -0.25) is 0 Å². The quantitative estimate of drug-likeness (QED) is 0.889. The molecule has 2 unspecified atom stereocenters. The van der Waals surface area contributed by atoms with Crippen LogP contribution in [0.2, 0.25) is 0 Å². The fourth-order valence-corrected chi connectivity index (χ4v) is 3.72. The molecule has 1 heterocycles. The van der Waals surface area contributed by atoms with Crippen molar-refractivity contribution in [1.82, 2.24) is 0 Å². The van der Waals surface area contributed by atoms with E-state index in [-0.39, 0.29) is 18.3 Å². The van der Waals surface area contributed by atoms with Crippen LogP contribution in [-0.4, -0.2) is 17.7 Å². The number of piperidine rings is 1. The van der Waals surface area contributed by atoms with Crippen molar-refractivity contribution in [1.29, 1.82) is 0 Å². The van der Waals surface area contributed by atoms with Crippen LogP contribution in [0.5, 0.6) is 0 Å². The Kier molecular flexibility index (Phi) is 3.44. The molecule has 2 fully saturated rings. The molecule has 0 aromatic heterocycles. The maximum Gasteiger partial charge on any atom is 0.149 e. The lowest BCUT2D eigenvalue weighted by Crippen LogP contribution is -2.43. The fraction of sp³-hybridized carbons (Fsp3) is 0.600. The topological polar surface area (TPSA) is 23.5 Å². The maximum atomic E-state index is 14.1. The summed E-state index contributed by atoms with van der Waals surface area (Å²) in [6.45, 7) is 0.396. The van der Waals surface area contributed by atoms with Crippen LogP contribution in [0.3, 0.4) is 0 Å². The molecule has 1 N–H and O–H groups in total. The van der Waals surface area contributed by atoms with Gasteiger partial charge >= 0.3 is 0 Å². The predicted octanol–water partition coefficient (Wildman–Crippen LogP) is 3.23. The summed E-state index contributed by atoms with van der Waals surface area (Å²) in [5, 5.41) is 8.99. The highest BCUT2D eigenvalue weighted by Crippen LogP contribution is 2.40. The molecule has 0 amide bonds. The van der Waals surface area contributed by atoms with Crippen LogP contribution in [-0.2, 0) is 6.61 Å². The average Bonchev–Trinajstić information content (AvgIpc) is 2.86. The Balaban J connectivity index is 1.97. The second kappa shape index (κ2) is 5.08. The number of nitrogens with zero attached hydrogens (tertiary/aromatic N) is 1. The van der Waals surface area contributed by atoms with Crippen molar-refractivity contribution in [3.8, 4) is 0 Å². The van der Waals surface area contributed by atoms with E-state index in [0.717, 1.165) is 25.8 Å². The van der Waals surface area contributed by atoms with Gasteiger partial charge in [0.2, 0.25) is 0 Å². The van der Waals surface area contributed by atoms with Crippen molar-refractivity contribution in [2.24, 2.45) is 5.92 Å². The Hall–Kier alpha value is -1.16. The van der Waals surface area contributed by atoms with Gasteiger partial charge in [-0.25, -0.2) is 8.78 Å². The average molecular weight is 267 g/mol. The van der Waals surface area contributed by atoms with Gasteiger partial charge in [0.1, 0.15) is 17.3 Å². The van der Waals surface area contributed by atoms with Gasteiger partial charge in [0.15, 0.2) is 0 Å². The summed E-state index contributed by atoms with van der Waals surface area (Å²) in [5.41, 5.74) is 0.396. The molecule has 1 saturated heterocycles. The van der Waals surface area contributed by atoms with Gasteiger partial charge in [-0.15, -0.1) is 0 Å². The minimum Gasteiger partial charge on any atom is -0.392 e. The summed E-state index contributed by atoms with van der Waals surface area (Å²) >= 11 is 0. The molecule has 0 spiro atoms. The van der Waals surface area contributed by atoms with E-state index in [1.54, 1.807) is 0 Å². The lowest BCUT2D eigenvalue weighted by Gasteiger charge is -2.39. The monoisotopic (exact) mass is 267 g/mol. The number of aliphatic hydroxyl groups is 1. The first-order chi connectivity index (χ1) is 9.20. The molecule has 1 aliphatic carbocycles. The highest BCUT2D eigenvalue weighted by molar-refractivity contribution is 5.52. The Labute approximate surface area is 112 Å². The van der Waals surface area contributed by atoms with E-state index in [1.807, 2.05) is 4.90 Å². The number of benzene rings is 1. The number of hydrogen-bond acceptors (Lipinski definition) is 2. The smallest absolute Gasteiger partial charge is 0.149 e. The van der Waals surface area contributed by atoms with Crippen LogP contribution in [0.4, 0.5) is 14.5 Å². The predicted molar refractivity (Wildman–Crippen MR) is 70.0 cm³/mol. The second-order valence-electron chi connectivity index (χ2n) is 5.66. The normalized spacial score (nSPS) is 26.6. The minimum absolute atomic E-state index is 0.105. The molecule has 0 bridgehead atoms. The Morgan fingerprint density at radius 2 is 1.79 bits per heavy atom. The molecule has 2 nitrogen and oxygen atoms in total. The van der Waals surface area contributed by atoms with Crippen LogP contribution < -0.4 is 4.90 Å². The van der Waals surface area contributed by atoms with E-state index < -0.39 is 11.6 Å². The van der Waals surface area contributed by atoms with Crippen LogP contribution in [0.15, 0.2) is 12.1 Å². The molecular weight excluding hydrogens is 248 g/mol. The van der Waals surface area contributed by atoms with Crippen molar-refractivity contribution in [2.75, 3.05) is 11.4 Å². The molecule has 1 aromatic carbocycles. The van der Waals surface area contributed by atoms with Crippen molar-refractivity contribution < 1.29 is 13.9 Å². The number of fused-ring (bicyclic) bond motifs is 1. The molecule has 0 radical (unpaired) electrons. The molecule has 104 valence electrons. The fourth-order valence-electron chi connectivity index (χ4n) is 3.72. The zero-order chi connectivity index (χ0) is 13.4. The number of halogens is 2. The van der Waals surface area contributed by atoms with E-state index in [4.69, 9.17) is 5.11 Å². The third-order valence-electron chi connectivity index (χ3n) is 4.54. The van der Waals surface area contributed by atoms with Gasteiger partial charge < -0.3 is 10.0 Å². The first-order valence-corrected chi connectivity index (χ1v) is 7.06. The van der Waals surface area contributed by atoms with Gasteiger partial charge in [0.25, 0.3) is 0 Å². The summed E-state index contributed by atoms with van der Waals surface area (Å²) in [5.74, 6) is -0.502. The Morgan fingerprint density at radius 3 is 2.47 bits per heavy atom. The van der Waals surface area contributed by atoms with Crippen LogP contribution in [0, 0.1) is 17.6 Å². The zero-order valence-corrected chi connectivity index (χ0v) is 10.9. The number of aliphatic hydroxyl groups excluding tert-OH is 1. The molecule has 1 aliphatic heterocycles. The molecule has 4 heteroatoms. The Bertz CT molecular complexity index is 454. The van der Waals surface area contributed by atoms with Crippen molar-refractivity contribution in [3.05, 3.63) is 29.3 Å². The Morgan fingerprint density at radius 1 is 1.11 bits per heavy atom. The highest BCUT2D eigenvalue weighted by atomic mass is 19.1. The van der Waals surface area contributed by atoms with E-state index in [9.17, 15) is 8.78 Å². The lowest BCUT2D eigenvalue weighted by atomic mass is 9.91. The van der Waals surface area contributed by atoms with E-state index in [0.29, 0.717) is 11.5 Å². The molecule has 2 aliphatic rings. The number of anilines is 1. The van der Waals surface area contributed by atoms with E-state index >= 15 is 0 Å². The van der Waals surface area contributed by atoms with Gasteiger partial charge in [-0.2, -0.15) is 0 Å². The molecular formula is C15H19F2NO. The van der Waals surface area contributed by atoms with Crippen molar-refractivity contribution in [2.45, 2.75) is 44.8 Å². The largest absolute Gasteiger partial charge is 0.392 e. The van der Waals surface area contributed by atoms with Gasteiger partial charge in [0, 0.05) is 12.6 Å². The van der Waals surface area contributed by atoms with Crippen molar-refractivity contribution in [3.63, 3.8) is 0 Å². The lowest BCUT2D eigenvalue weighted by molar-refractivity contribution is 0.280. The second-order valence-corrected chi connectivity index (χ2v) is 5.66. The molecule has 1 aromatic rings. The highest BCUT2D eigenvalue weighted by Gasteiger charge is 2.37. The summed E-state index contributed by atoms with van der Waals surface area (Å²) < 4.78 is 28.3. The van der Waals surface area contributed by atoms with E-state index in [1.165, 1.54) is 25.0 Å². The van der Waals surface area contributed by atoms with Gasteiger partial charge in [-0.05, 0) is 49.3 Å². The third-order valence-corrected chi connectivity index (χ3v) is 4.54. The van der Waals surface area contributed by atoms with Gasteiger partial charge in [0.05, 0.1) is 6.61 Å². The molecule has 2 atom stereocenters. The standard InChI is InChI=1S/C15H19F2NO/c16-12-7-10(9-19)8-13(17)15(12)18-6-2-4-11-3-1-5-14(11)18/h7-8,11,14,19H,1-6,9H2. The zero-order valence-electron chi connectivity index (χ0n) is 10.9. The van der Waals surface area contributed by atoms with Gasteiger partial charge in [-0.1, -0.05) is 6.42 Å². The third kappa shape index (κ3) is 2.22. The summed E-state index contributed by atoms with van der Waals surface area (Å²) in [6, 6.07) is 2.78. The maximum absolute atomic E-state index is 14.1. The first kappa shape index (κ1) is 12.9. The van der Waals surface area contributed by atoms with Crippen LogP contribution in [0.1, 0.15) is 37.7 Å². The number of hydrogen-bond donors (Lipinski definition) is 1. The number of rotatable bonds is 2. The van der Waals surface area contributed by atoms with Crippen LogP contribution in [0.25, 0.3) is 0 Å². The SMILES string of the molecule is OCc1cc(F)c(N2CCCC3CCCC32)c(F)c1. The van der Waals surface area contributed by atoms with Crippen LogP contribution >= 0.6 is 0 Å². The van der Waals surface area contributed by atoms with Crippen molar-refractivity contribution >= 4 is 5.69 Å². The summed E-state index contributed by atoms with van der Waals surface area (Å²) in [6.07, 6.45) is 5.55. The minimum atomic E-state index is -0.545.